The van der Waals surface area contributed by atoms with Gasteiger partial charge < -0.3 is 5.11 Å². The number of nitrogens with zero attached hydrogens (tertiary/aromatic N) is 1. The van der Waals surface area contributed by atoms with Gasteiger partial charge in [0.1, 0.15) is 0 Å². The van der Waals surface area contributed by atoms with E-state index in [1.54, 1.807) is 0 Å². The third-order valence-corrected chi connectivity index (χ3v) is 6.23. The van der Waals surface area contributed by atoms with Crippen molar-refractivity contribution in [3.63, 3.8) is 0 Å². The Morgan fingerprint density at radius 1 is 1.20 bits per heavy atom. The Kier molecular flexibility index (Phi) is 5.00. The van der Waals surface area contributed by atoms with E-state index in [0.29, 0.717) is 0 Å². The molecule has 2 aliphatic carbocycles. The molecule has 2 nitrogen and oxygen atoms in total. The fraction of sp³-hybridized carbons (Fsp3) is 0.706. The van der Waals surface area contributed by atoms with Crippen LogP contribution in [0.15, 0.2) is 18.3 Å². The van der Waals surface area contributed by atoms with Crippen molar-refractivity contribution in [3.8, 4) is 0 Å². The molecule has 0 spiro atoms. The first-order valence-electron chi connectivity index (χ1n) is 8.08. The minimum Gasteiger partial charge on any atom is -0.392 e. The molecule has 110 valence electrons. The third kappa shape index (κ3) is 3.37. The van der Waals surface area contributed by atoms with E-state index in [-0.39, 0.29) is 12.0 Å². The van der Waals surface area contributed by atoms with E-state index in [4.69, 9.17) is 0 Å². The number of pyridine rings is 1. The van der Waals surface area contributed by atoms with Crippen molar-refractivity contribution in [2.45, 2.75) is 68.6 Å². The molecule has 1 aromatic rings. The van der Waals surface area contributed by atoms with Gasteiger partial charge in [0.15, 0.2) is 0 Å². The SMILES string of the molecule is OC(CSC1CCCCC1)C1CCCc2cccnc21. The molecule has 1 fully saturated rings. The Morgan fingerprint density at radius 3 is 2.90 bits per heavy atom. The number of hydrogen-bond donors (Lipinski definition) is 1. The van der Waals surface area contributed by atoms with E-state index in [1.165, 1.54) is 44.1 Å². The van der Waals surface area contributed by atoms with Gasteiger partial charge in [-0.1, -0.05) is 25.3 Å². The molecule has 3 heteroatoms. The summed E-state index contributed by atoms with van der Waals surface area (Å²) in [6.45, 7) is 0. The quantitative estimate of drug-likeness (QED) is 0.912. The number of thioether (sulfide) groups is 1. The lowest BCUT2D eigenvalue weighted by Crippen LogP contribution is -2.27. The third-order valence-electron chi connectivity index (χ3n) is 4.76. The van der Waals surface area contributed by atoms with Crippen LogP contribution in [-0.4, -0.2) is 27.2 Å². The molecule has 1 heterocycles. The van der Waals surface area contributed by atoms with Crippen LogP contribution in [0.5, 0.6) is 0 Å². The Balaban J connectivity index is 1.58. The smallest absolute Gasteiger partial charge is 0.0714 e. The lowest BCUT2D eigenvalue weighted by atomic mass is 9.84. The first-order valence-corrected chi connectivity index (χ1v) is 9.13. The highest BCUT2D eigenvalue weighted by molar-refractivity contribution is 7.99. The van der Waals surface area contributed by atoms with Gasteiger partial charge >= 0.3 is 0 Å². The summed E-state index contributed by atoms with van der Waals surface area (Å²) in [6, 6.07) is 4.19. The first kappa shape index (κ1) is 14.4. The summed E-state index contributed by atoms with van der Waals surface area (Å²) >= 11 is 2.00. The van der Waals surface area contributed by atoms with E-state index in [9.17, 15) is 5.11 Å². The Hall–Kier alpha value is -0.540. The van der Waals surface area contributed by atoms with Crippen molar-refractivity contribution in [1.29, 1.82) is 0 Å². The van der Waals surface area contributed by atoms with E-state index >= 15 is 0 Å². The largest absolute Gasteiger partial charge is 0.392 e. The van der Waals surface area contributed by atoms with Gasteiger partial charge in [0.05, 0.1) is 6.10 Å². The van der Waals surface area contributed by atoms with Gasteiger partial charge in [0, 0.05) is 28.8 Å². The molecule has 2 aliphatic rings. The van der Waals surface area contributed by atoms with Crippen LogP contribution in [0, 0.1) is 0 Å². The van der Waals surface area contributed by atoms with Gasteiger partial charge in [-0.05, 0) is 43.7 Å². The zero-order chi connectivity index (χ0) is 13.8. The molecule has 1 N–H and O–H groups in total. The monoisotopic (exact) mass is 291 g/mol. The molecule has 1 saturated carbocycles. The molecule has 3 rings (SSSR count). The lowest BCUT2D eigenvalue weighted by Gasteiger charge is -2.29. The van der Waals surface area contributed by atoms with Gasteiger partial charge in [0.2, 0.25) is 0 Å². The van der Waals surface area contributed by atoms with Crippen LogP contribution in [0.3, 0.4) is 0 Å². The van der Waals surface area contributed by atoms with E-state index in [2.05, 4.69) is 11.1 Å². The standard InChI is InChI=1S/C17H25NOS/c19-16(12-20-14-8-2-1-3-9-14)15-10-4-6-13-7-5-11-18-17(13)15/h5,7,11,14-16,19H,1-4,6,8-10,12H2. The summed E-state index contributed by atoms with van der Waals surface area (Å²) in [5.41, 5.74) is 2.51. The lowest BCUT2D eigenvalue weighted by molar-refractivity contribution is 0.155. The average Bonchev–Trinajstić information content (AvgIpc) is 2.53. The van der Waals surface area contributed by atoms with Crippen LogP contribution in [0.4, 0.5) is 0 Å². The van der Waals surface area contributed by atoms with Crippen LogP contribution in [-0.2, 0) is 6.42 Å². The summed E-state index contributed by atoms with van der Waals surface area (Å²) in [7, 11) is 0. The molecule has 0 aromatic carbocycles. The minimum atomic E-state index is -0.226. The molecule has 0 aliphatic heterocycles. The van der Waals surface area contributed by atoms with Gasteiger partial charge in [-0.2, -0.15) is 11.8 Å². The molecule has 0 radical (unpaired) electrons. The van der Waals surface area contributed by atoms with Crippen LogP contribution >= 0.6 is 11.8 Å². The first-order chi connectivity index (χ1) is 9.84. The highest BCUT2D eigenvalue weighted by atomic mass is 32.2. The van der Waals surface area contributed by atoms with Gasteiger partial charge in [-0.25, -0.2) is 0 Å². The second kappa shape index (κ2) is 6.95. The predicted molar refractivity (Wildman–Crippen MR) is 85.3 cm³/mol. The fourth-order valence-corrected chi connectivity index (χ4v) is 4.97. The van der Waals surface area contributed by atoms with Gasteiger partial charge in [-0.15, -0.1) is 0 Å². The summed E-state index contributed by atoms with van der Waals surface area (Å²) in [5, 5.41) is 11.4. The summed E-state index contributed by atoms with van der Waals surface area (Å²) < 4.78 is 0. The number of rotatable bonds is 4. The van der Waals surface area contributed by atoms with E-state index in [0.717, 1.165) is 29.5 Å². The molecule has 20 heavy (non-hydrogen) atoms. The second-order valence-corrected chi connectivity index (χ2v) is 7.54. The number of aryl methyl sites for hydroxylation is 1. The van der Waals surface area contributed by atoms with Crippen LogP contribution < -0.4 is 0 Å². The summed E-state index contributed by atoms with van der Waals surface area (Å²) in [4.78, 5) is 4.55. The zero-order valence-corrected chi connectivity index (χ0v) is 12.9. The molecular formula is C17H25NOS. The normalized spacial score (nSPS) is 25.1. The molecule has 0 saturated heterocycles. The second-order valence-electron chi connectivity index (χ2n) is 6.21. The van der Waals surface area contributed by atoms with Crippen molar-refractivity contribution < 1.29 is 5.11 Å². The fourth-order valence-electron chi connectivity index (χ4n) is 3.60. The Bertz CT molecular complexity index is 431. The predicted octanol–water partition coefficient (Wildman–Crippen LogP) is 3.93. The molecule has 2 unspecified atom stereocenters. The zero-order valence-electron chi connectivity index (χ0n) is 12.1. The molecule has 1 aromatic heterocycles. The van der Waals surface area contributed by atoms with Crippen molar-refractivity contribution >= 4 is 11.8 Å². The number of aliphatic hydroxyl groups excluding tert-OH is 1. The number of aromatic nitrogens is 1. The Labute approximate surface area is 126 Å². The highest BCUT2D eigenvalue weighted by Crippen LogP contribution is 2.35. The molecule has 2 atom stereocenters. The summed E-state index contributed by atoms with van der Waals surface area (Å²) in [6.07, 6.45) is 11.9. The topological polar surface area (TPSA) is 33.1 Å². The number of fused-ring (bicyclic) bond motifs is 1. The highest BCUT2D eigenvalue weighted by Gasteiger charge is 2.28. The van der Waals surface area contributed by atoms with Gasteiger partial charge in [0.25, 0.3) is 0 Å². The molecule has 0 amide bonds. The van der Waals surface area contributed by atoms with Crippen LogP contribution in [0.2, 0.25) is 0 Å². The maximum absolute atomic E-state index is 10.6. The minimum absolute atomic E-state index is 0.226. The van der Waals surface area contributed by atoms with Crippen LogP contribution in [0.25, 0.3) is 0 Å². The van der Waals surface area contributed by atoms with E-state index in [1.807, 2.05) is 24.0 Å². The van der Waals surface area contributed by atoms with E-state index < -0.39 is 0 Å². The van der Waals surface area contributed by atoms with Gasteiger partial charge in [-0.3, -0.25) is 4.98 Å². The number of hydrogen-bond acceptors (Lipinski definition) is 3. The van der Waals surface area contributed by atoms with Crippen molar-refractivity contribution in [2.24, 2.45) is 0 Å². The van der Waals surface area contributed by atoms with Crippen molar-refractivity contribution in [2.75, 3.05) is 5.75 Å². The molecular weight excluding hydrogens is 266 g/mol. The summed E-state index contributed by atoms with van der Waals surface area (Å²) in [5.74, 6) is 1.14. The average molecular weight is 291 g/mol. The van der Waals surface area contributed by atoms with Crippen molar-refractivity contribution in [1.82, 2.24) is 4.98 Å². The molecule has 0 bridgehead atoms. The Morgan fingerprint density at radius 2 is 2.05 bits per heavy atom. The maximum atomic E-state index is 10.6. The van der Waals surface area contributed by atoms with Crippen molar-refractivity contribution in [3.05, 3.63) is 29.6 Å². The van der Waals surface area contributed by atoms with Crippen LogP contribution in [0.1, 0.15) is 62.1 Å². The number of aliphatic hydroxyl groups is 1. The maximum Gasteiger partial charge on any atom is 0.0714 e.